The topological polar surface area (TPSA) is 12.0 Å². The van der Waals surface area contributed by atoms with E-state index in [1.165, 1.54) is 31.4 Å². The van der Waals surface area contributed by atoms with Gasteiger partial charge in [0.15, 0.2) is 0 Å². The highest BCUT2D eigenvalue weighted by atomic mass is 35.5. The zero-order valence-electron chi connectivity index (χ0n) is 11.7. The first-order valence-electron chi connectivity index (χ1n) is 7.06. The quantitative estimate of drug-likeness (QED) is 0.569. The minimum atomic E-state index is -4.38. The van der Waals surface area contributed by atoms with Crippen LogP contribution < -0.4 is 5.32 Å². The third-order valence-corrected chi connectivity index (χ3v) is 3.47. The first-order valence-corrected chi connectivity index (χ1v) is 7.44. The Bertz CT molecular complexity index is 405. The lowest BCUT2D eigenvalue weighted by atomic mass is 10.1. The van der Waals surface area contributed by atoms with Crippen LogP contribution in [-0.4, -0.2) is 6.54 Å². The number of anilines is 1. The number of alkyl halides is 3. The van der Waals surface area contributed by atoms with Crippen LogP contribution in [0.1, 0.15) is 51.0 Å². The normalized spacial score (nSPS) is 11.7. The van der Waals surface area contributed by atoms with Gasteiger partial charge in [-0.1, -0.05) is 56.7 Å². The Morgan fingerprint density at radius 3 is 2.35 bits per heavy atom. The van der Waals surface area contributed by atoms with Crippen LogP contribution in [0.4, 0.5) is 18.9 Å². The zero-order chi connectivity index (χ0) is 15.0. The van der Waals surface area contributed by atoms with Crippen molar-refractivity contribution in [3.8, 4) is 0 Å². The van der Waals surface area contributed by atoms with Crippen LogP contribution in [0.3, 0.4) is 0 Å². The van der Waals surface area contributed by atoms with Crippen LogP contribution in [0.2, 0.25) is 5.02 Å². The smallest absolute Gasteiger partial charge is 0.383 e. The molecule has 0 saturated heterocycles. The zero-order valence-corrected chi connectivity index (χ0v) is 12.4. The van der Waals surface area contributed by atoms with E-state index in [0.29, 0.717) is 6.54 Å². The van der Waals surface area contributed by atoms with Gasteiger partial charge in [-0.25, -0.2) is 0 Å². The number of benzene rings is 1. The molecule has 20 heavy (non-hydrogen) atoms. The molecule has 0 aliphatic carbocycles. The fourth-order valence-electron chi connectivity index (χ4n) is 2.06. The molecule has 5 heteroatoms. The molecular formula is C15H21ClF3N. The molecule has 0 atom stereocenters. The van der Waals surface area contributed by atoms with E-state index in [1.54, 1.807) is 0 Å². The minimum absolute atomic E-state index is 0.00442. The Morgan fingerprint density at radius 1 is 1.05 bits per heavy atom. The monoisotopic (exact) mass is 307 g/mol. The van der Waals surface area contributed by atoms with Gasteiger partial charge in [-0.2, -0.15) is 13.2 Å². The number of hydrogen-bond acceptors (Lipinski definition) is 1. The van der Waals surface area contributed by atoms with Gasteiger partial charge in [-0.15, -0.1) is 0 Å². The SMILES string of the molecule is CCCCCCCCNc1c(Cl)cccc1C(F)(F)F. The summed E-state index contributed by atoms with van der Waals surface area (Å²) in [5.41, 5.74) is -0.703. The van der Waals surface area contributed by atoms with E-state index in [-0.39, 0.29) is 10.7 Å². The molecule has 0 bridgehead atoms. The second kappa shape index (κ2) is 8.40. The number of unbranched alkanes of at least 4 members (excludes halogenated alkanes) is 5. The molecule has 1 nitrogen and oxygen atoms in total. The third kappa shape index (κ3) is 5.61. The van der Waals surface area contributed by atoms with Gasteiger partial charge >= 0.3 is 6.18 Å². The van der Waals surface area contributed by atoms with Gasteiger partial charge in [-0.3, -0.25) is 0 Å². The summed E-state index contributed by atoms with van der Waals surface area (Å²) in [6, 6.07) is 3.84. The standard InChI is InChI=1S/C15H21ClF3N/c1-2-3-4-5-6-7-11-20-14-12(15(17,18)19)9-8-10-13(14)16/h8-10,20H,2-7,11H2,1H3. The Kier molecular flexibility index (Phi) is 7.20. The van der Waals surface area contributed by atoms with Crippen molar-refractivity contribution >= 4 is 17.3 Å². The van der Waals surface area contributed by atoms with E-state index in [0.717, 1.165) is 25.3 Å². The van der Waals surface area contributed by atoms with Crippen molar-refractivity contribution in [2.75, 3.05) is 11.9 Å². The van der Waals surface area contributed by atoms with E-state index in [9.17, 15) is 13.2 Å². The fraction of sp³-hybridized carbons (Fsp3) is 0.600. The van der Waals surface area contributed by atoms with E-state index >= 15 is 0 Å². The molecule has 1 rings (SSSR count). The van der Waals surface area contributed by atoms with Crippen LogP contribution in [0, 0.1) is 0 Å². The minimum Gasteiger partial charge on any atom is -0.383 e. The van der Waals surface area contributed by atoms with E-state index in [4.69, 9.17) is 11.6 Å². The first kappa shape index (κ1) is 17.2. The maximum atomic E-state index is 12.8. The second-order valence-corrected chi connectivity index (χ2v) is 5.26. The predicted octanol–water partition coefficient (Wildman–Crippen LogP) is 6.13. The summed E-state index contributed by atoms with van der Waals surface area (Å²) in [5, 5.41) is 2.94. The molecule has 0 radical (unpaired) electrons. The summed E-state index contributed by atoms with van der Waals surface area (Å²) in [6.45, 7) is 2.66. The molecule has 0 aliphatic rings. The Labute approximate surface area is 123 Å². The molecule has 0 fully saturated rings. The molecular weight excluding hydrogens is 287 g/mol. The summed E-state index contributed by atoms with van der Waals surface area (Å²) in [4.78, 5) is 0. The number of hydrogen-bond donors (Lipinski definition) is 1. The van der Waals surface area contributed by atoms with E-state index in [1.807, 2.05) is 0 Å². The molecule has 1 N–H and O–H groups in total. The Balaban J connectivity index is 2.47. The molecule has 1 aromatic rings. The molecule has 0 aliphatic heterocycles. The third-order valence-electron chi connectivity index (χ3n) is 3.15. The number of rotatable bonds is 8. The molecule has 0 amide bonds. The lowest BCUT2D eigenvalue weighted by molar-refractivity contribution is -0.136. The summed E-state index contributed by atoms with van der Waals surface area (Å²) in [6.07, 6.45) is 2.23. The number of nitrogens with one attached hydrogen (secondary N) is 1. The Morgan fingerprint density at radius 2 is 1.70 bits per heavy atom. The van der Waals surface area contributed by atoms with Crippen molar-refractivity contribution in [1.29, 1.82) is 0 Å². The number of para-hydroxylation sites is 1. The van der Waals surface area contributed by atoms with E-state index < -0.39 is 11.7 Å². The average Bonchev–Trinajstić information content (AvgIpc) is 2.38. The molecule has 0 spiro atoms. The van der Waals surface area contributed by atoms with Gasteiger partial charge in [0.25, 0.3) is 0 Å². The van der Waals surface area contributed by atoms with Crippen molar-refractivity contribution in [3.05, 3.63) is 28.8 Å². The second-order valence-electron chi connectivity index (χ2n) is 4.85. The van der Waals surface area contributed by atoms with Gasteiger partial charge < -0.3 is 5.32 Å². The van der Waals surface area contributed by atoms with Gasteiger partial charge in [0.2, 0.25) is 0 Å². The lowest BCUT2D eigenvalue weighted by Crippen LogP contribution is -2.12. The van der Waals surface area contributed by atoms with Crippen molar-refractivity contribution in [2.45, 2.75) is 51.6 Å². The van der Waals surface area contributed by atoms with Crippen LogP contribution in [-0.2, 0) is 6.18 Å². The maximum absolute atomic E-state index is 12.8. The fourth-order valence-corrected chi connectivity index (χ4v) is 2.30. The summed E-state index contributed by atoms with van der Waals surface area (Å²) < 4.78 is 38.5. The van der Waals surface area contributed by atoms with Crippen LogP contribution in [0.5, 0.6) is 0 Å². The van der Waals surface area contributed by atoms with Crippen molar-refractivity contribution in [2.24, 2.45) is 0 Å². The number of halogens is 4. The maximum Gasteiger partial charge on any atom is 0.418 e. The van der Waals surface area contributed by atoms with Crippen molar-refractivity contribution < 1.29 is 13.2 Å². The van der Waals surface area contributed by atoms with Gasteiger partial charge in [0.05, 0.1) is 16.3 Å². The van der Waals surface area contributed by atoms with Crippen LogP contribution >= 0.6 is 11.6 Å². The predicted molar refractivity (Wildman–Crippen MR) is 78.3 cm³/mol. The average molecular weight is 308 g/mol. The molecule has 0 aromatic heterocycles. The molecule has 1 aromatic carbocycles. The molecule has 114 valence electrons. The molecule has 0 saturated carbocycles. The van der Waals surface area contributed by atoms with Gasteiger partial charge in [-0.05, 0) is 18.6 Å². The first-order chi connectivity index (χ1) is 9.46. The largest absolute Gasteiger partial charge is 0.418 e. The molecule has 0 heterocycles. The van der Waals surface area contributed by atoms with Gasteiger partial charge in [0, 0.05) is 6.54 Å². The highest BCUT2D eigenvalue weighted by Crippen LogP contribution is 2.38. The van der Waals surface area contributed by atoms with Crippen molar-refractivity contribution in [3.63, 3.8) is 0 Å². The van der Waals surface area contributed by atoms with Crippen molar-refractivity contribution in [1.82, 2.24) is 0 Å². The van der Waals surface area contributed by atoms with Gasteiger partial charge in [0.1, 0.15) is 0 Å². The summed E-state index contributed by atoms with van der Waals surface area (Å²) in [5.74, 6) is 0. The summed E-state index contributed by atoms with van der Waals surface area (Å²) >= 11 is 5.85. The highest BCUT2D eigenvalue weighted by molar-refractivity contribution is 6.33. The van der Waals surface area contributed by atoms with Crippen LogP contribution in [0.25, 0.3) is 0 Å². The molecule has 0 unspecified atom stereocenters. The summed E-state index contributed by atoms with van der Waals surface area (Å²) in [7, 11) is 0. The Hall–Kier alpha value is -0.900. The van der Waals surface area contributed by atoms with Crippen LogP contribution in [0.15, 0.2) is 18.2 Å². The lowest BCUT2D eigenvalue weighted by Gasteiger charge is -2.15. The van der Waals surface area contributed by atoms with E-state index in [2.05, 4.69) is 12.2 Å². The highest BCUT2D eigenvalue weighted by Gasteiger charge is 2.34.